The summed E-state index contributed by atoms with van der Waals surface area (Å²) in [7, 11) is 0. The normalized spacial score (nSPS) is 15.1. The second-order valence-electron chi connectivity index (χ2n) is 6.64. The lowest BCUT2D eigenvalue weighted by atomic mass is 10.3. The third kappa shape index (κ3) is 4.43. The van der Waals surface area contributed by atoms with Gasteiger partial charge in [0.25, 0.3) is 0 Å². The van der Waals surface area contributed by atoms with Crippen molar-refractivity contribution >= 4 is 5.82 Å². The highest BCUT2D eigenvalue weighted by Crippen LogP contribution is 2.14. The van der Waals surface area contributed by atoms with Crippen molar-refractivity contribution in [1.29, 1.82) is 0 Å². The summed E-state index contributed by atoms with van der Waals surface area (Å²) in [4.78, 5) is 4.70. The van der Waals surface area contributed by atoms with Crippen molar-refractivity contribution in [1.82, 2.24) is 24.9 Å². The molecule has 0 unspecified atom stereocenters. The lowest BCUT2D eigenvalue weighted by Crippen LogP contribution is -2.47. The number of hydrogen-bond donors (Lipinski definition) is 0. The molecule has 7 nitrogen and oxygen atoms in total. The molecule has 4 rings (SSSR count). The molecule has 0 radical (unpaired) electrons. The Bertz CT molecular complexity index is 840. The number of ether oxygens (including phenoxy) is 1. The van der Waals surface area contributed by atoms with E-state index >= 15 is 0 Å². The first-order valence-electron chi connectivity index (χ1n) is 9.29. The smallest absolute Gasteiger partial charge is 0.175 e. The Labute approximate surface area is 159 Å². The van der Waals surface area contributed by atoms with Crippen LogP contribution in [0.1, 0.15) is 5.69 Å². The third-order valence-corrected chi connectivity index (χ3v) is 4.71. The van der Waals surface area contributed by atoms with E-state index in [0.717, 1.165) is 55.8 Å². The van der Waals surface area contributed by atoms with Gasteiger partial charge in [-0.2, -0.15) is 5.10 Å². The van der Waals surface area contributed by atoms with E-state index in [9.17, 15) is 0 Å². The van der Waals surface area contributed by atoms with Gasteiger partial charge in [-0.15, -0.1) is 10.2 Å². The van der Waals surface area contributed by atoms with Gasteiger partial charge in [-0.1, -0.05) is 18.2 Å². The number of aryl methyl sites for hydroxylation is 1. The molecule has 1 aliphatic heterocycles. The van der Waals surface area contributed by atoms with E-state index in [-0.39, 0.29) is 0 Å². The molecule has 0 N–H and O–H groups in total. The molecule has 27 heavy (non-hydrogen) atoms. The summed E-state index contributed by atoms with van der Waals surface area (Å²) in [6, 6.07) is 15.9. The number of anilines is 1. The number of para-hydroxylation sites is 1. The molecule has 1 aromatic carbocycles. The number of nitrogens with zero attached hydrogens (tertiary/aromatic N) is 6. The molecule has 1 fully saturated rings. The Balaban J connectivity index is 1.25. The first-order chi connectivity index (χ1) is 13.3. The number of hydrogen-bond acceptors (Lipinski definition) is 6. The maximum absolute atomic E-state index is 5.79. The molecule has 0 bridgehead atoms. The standard InChI is InChI=1S/C20H24N6O/c1-17-9-10-26(23-17)20-8-7-19(21-22-20)25-13-11-24(12-14-25)15-16-27-18-5-3-2-4-6-18/h2-10H,11-16H2,1H3. The van der Waals surface area contributed by atoms with E-state index < -0.39 is 0 Å². The van der Waals surface area contributed by atoms with E-state index in [1.807, 2.05) is 61.7 Å². The molecule has 1 saturated heterocycles. The van der Waals surface area contributed by atoms with Crippen molar-refractivity contribution in [3.63, 3.8) is 0 Å². The quantitative estimate of drug-likeness (QED) is 0.668. The first-order valence-corrected chi connectivity index (χ1v) is 9.29. The SMILES string of the molecule is Cc1ccn(-c2ccc(N3CCN(CCOc4ccccc4)CC3)nn2)n1. The van der Waals surface area contributed by atoms with Crippen LogP contribution in [0.2, 0.25) is 0 Å². The zero-order valence-corrected chi connectivity index (χ0v) is 15.5. The molecule has 2 aromatic heterocycles. The summed E-state index contributed by atoms with van der Waals surface area (Å²) in [5.74, 6) is 2.59. The van der Waals surface area contributed by atoms with Crippen molar-refractivity contribution < 1.29 is 4.74 Å². The molecule has 1 aliphatic rings. The van der Waals surface area contributed by atoms with Gasteiger partial charge in [0.2, 0.25) is 0 Å². The van der Waals surface area contributed by atoms with Crippen LogP contribution in [0, 0.1) is 6.92 Å². The van der Waals surface area contributed by atoms with Gasteiger partial charge in [-0.25, -0.2) is 4.68 Å². The van der Waals surface area contributed by atoms with Crippen molar-refractivity contribution in [2.24, 2.45) is 0 Å². The maximum atomic E-state index is 5.79. The Morgan fingerprint density at radius 1 is 0.889 bits per heavy atom. The number of rotatable bonds is 6. The van der Waals surface area contributed by atoms with Crippen LogP contribution in [0.15, 0.2) is 54.7 Å². The molecule has 0 spiro atoms. The van der Waals surface area contributed by atoms with E-state index in [1.54, 1.807) is 4.68 Å². The van der Waals surface area contributed by atoms with E-state index in [1.165, 1.54) is 0 Å². The average Bonchev–Trinajstić information content (AvgIpc) is 3.16. The van der Waals surface area contributed by atoms with Crippen LogP contribution in [-0.2, 0) is 0 Å². The average molecular weight is 364 g/mol. The van der Waals surface area contributed by atoms with Crippen LogP contribution in [0.5, 0.6) is 5.75 Å². The van der Waals surface area contributed by atoms with Crippen LogP contribution >= 0.6 is 0 Å². The topological polar surface area (TPSA) is 59.3 Å². The molecule has 3 aromatic rings. The predicted octanol–water partition coefficient (Wildman–Crippen LogP) is 2.17. The van der Waals surface area contributed by atoms with Crippen LogP contribution in [0.3, 0.4) is 0 Å². The molecular formula is C20H24N6O. The lowest BCUT2D eigenvalue weighted by molar-refractivity contribution is 0.200. The Morgan fingerprint density at radius 3 is 2.30 bits per heavy atom. The molecule has 7 heteroatoms. The van der Waals surface area contributed by atoms with Gasteiger partial charge >= 0.3 is 0 Å². The van der Waals surface area contributed by atoms with E-state index in [2.05, 4.69) is 25.1 Å². The largest absolute Gasteiger partial charge is 0.492 e. The molecular weight excluding hydrogens is 340 g/mol. The zero-order valence-electron chi connectivity index (χ0n) is 15.5. The third-order valence-electron chi connectivity index (χ3n) is 4.71. The van der Waals surface area contributed by atoms with Gasteiger partial charge in [0.15, 0.2) is 11.6 Å². The van der Waals surface area contributed by atoms with Gasteiger partial charge < -0.3 is 9.64 Å². The molecule has 140 valence electrons. The number of benzene rings is 1. The van der Waals surface area contributed by atoms with Gasteiger partial charge in [-0.05, 0) is 37.3 Å². The maximum Gasteiger partial charge on any atom is 0.175 e. The van der Waals surface area contributed by atoms with Crippen LogP contribution in [0.25, 0.3) is 5.82 Å². The molecule has 0 aliphatic carbocycles. The van der Waals surface area contributed by atoms with Gasteiger partial charge in [0, 0.05) is 38.9 Å². The highest BCUT2D eigenvalue weighted by molar-refractivity contribution is 5.40. The van der Waals surface area contributed by atoms with Crippen molar-refractivity contribution in [2.75, 3.05) is 44.2 Å². The second-order valence-corrected chi connectivity index (χ2v) is 6.64. The van der Waals surface area contributed by atoms with Gasteiger partial charge in [0.05, 0.1) is 5.69 Å². The predicted molar refractivity (Wildman–Crippen MR) is 104 cm³/mol. The highest BCUT2D eigenvalue weighted by atomic mass is 16.5. The Kier molecular flexibility index (Phi) is 5.29. The summed E-state index contributed by atoms with van der Waals surface area (Å²) < 4.78 is 7.54. The summed E-state index contributed by atoms with van der Waals surface area (Å²) in [5.41, 5.74) is 0.966. The van der Waals surface area contributed by atoms with Gasteiger partial charge in [-0.3, -0.25) is 4.90 Å². The number of piperazine rings is 1. The van der Waals surface area contributed by atoms with Crippen LogP contribution in [-0.4, -0.2) is 64.2 Å². The Hall–Kier alpha value is -2.93. The fourth-order valence-electron chi connectivity index (χ4n) is 3.16. The van der Waals surface area contributed by atoms with Crippen molar-refractivity contribution in [3.8, 4) is 11.6 Å². The molecule has 3 heterocycles. The highest BCUT2D eigenvalue weighted by Gasteiger charge is 2.18. The Morgan fingerprint density at radius 2 is 1.63 bits per heavy atom. The summed E-state index contributed by atoms with van der Waals surface area (Å²) in [5, 5.41) is 13.1. The number of aromatic nitrogens is 4. The summed E-state index contributed by atoms with van der Waals surface area (Å²) in [6.07, 6.45) is 1.90. The fourth-order valence-corrected chi connectivity index (χ4v) is 3.16. The van der Waals surface area contributed by atoms with Crippen LogP contribution in [0.4, 0.5) is 5.82 Å². The minimum absolute atomic E-state index is 0.710. The summed E-state index contributed by atoms with van der Waals surface area (Å²) in [6.45, 7) is 7.50. The van der Waals surface area contributed by atoms with Crippen LogP contribution < -0.4 is 9.64 Å². The molecule has 0 saturated carbocycles. The van der Waals surface area contributed by atoms with E-state index in [4.69, 9.17) is 4.74 Å². The van der Waals surface area contributed by atoms with Crippen molar-refractivity contribution in [3.05, 3.63) is 60.4 Å². The van der Waals surface area contributed by atoms with Crippen molar-refractivity contribution in [2.45, 2.75) is 6.92 Å². The lowest BCUT2D eigenvalue weighted by Gasteiger charge is -2.35. The monoisotopic (exact) mass is 364 g/mol. The second kappa shape index (κ2) is 8.18. The first kappa shape index (κ1) is 17.5. The van der Waals surface area contributed by atoms with E-state index in [0.29, 0.717) is 6.61 Å². The fraction of sp³-hybridized carbons (Fsp3) is 0.350. The summed E-state index contributed by atoms with van der Waals surface area (Å²) >= 11 is 0. The molecule has 0 atom stereocenters. The minimum atomic E-state index is 0.710. The van der Waals surface area contributed by atoms with Gasteiger partial charge in [0.1, 0.15) is 12.4 Å². The molecule has 0 amide bonds. The minimum Gasteiger partial charge on any atom is -0.492 e. The zero-order chi connectivity index (χ0) is 18.5.